The normalized spacial score (nSPS) is 29.0. The van der Waals surface area contributed by atoms with E-state index in [1.165, 1.54) is 0 Å². The van der Waals surface area contributed by atoms with Crippen LogP contribution in [0.2, 0.25) is 0 Å². The van der Waals surface area contributed by atoms with E-state index < -0.39 is 17.0 Å². The summed E-state index contributed by atoms with van der Waals surface area (Å²) in [6.07, 6.45) is 7.03. The number of carbonyl (C=O) groups is 2. The molecule has 1 saturated carbocycles. The van der Waals surface area contributed by atoms with Crippen LogP contribution in [0.1, 0.15) is 38.5 Å². The number of hydrogen-bond donors (Lipinski definition) is 0. The predicted octanol–water partition coefficient (Wildman–Crippen LogP) is 2.32. The summed E-state index contributed by atoms with van der Waals surface area (Å²) in [4.78, 5) is 33.0. The largest absolute Gasteiger partial charge is 0.339 e. The maximum Gasteiger partial charge on any atom is 0.260 e. The number of aromatic nitrogens is 1. The van der Waals surface area contributed by atoms with Crippen LogP contribution in [0.4, 0.5) is 10.1 Å². The molecule has 0 N–H and O–H groups in total. The van der Waals surface area contributed by atoms with Gasteiger partial charge < -0.3 is 9.80 Å². The highest BCUT2D eigenvalue weighted by atomic mass is 19.1. The van der Waals surface area contributed by atoms with Crippen LogP contribution < -0.4 is 4.90 Å². The van der Waals surface area contributed by atoms with E-state index in [9.17, 15) is 14.0 Å². The van der Waals surface area contributed by atoms with Gasteiger partial charge >= 0.3 is 0 Å². The number of piperidine rings is 1. The lowest BCUT2D eigenvalue weighted by Crippen LogP contribution is -2.56. The topological polar surface area (TPSA) is 53.5 Å². The van der Waals surface area contributed by atoms with E-state index in [4.69, 9.17) is 0 Å². The summed E-state index contributed by atoms with van der Waals surface area (Å²) in [5.41, 5.74) is -1.43. The van der Waals surface area contributed by atoms with Gasteiger partial charge in [-0.15, -0.1) is 0 Å². The first-order valence-electron chi connectivity index (χ1n) is 8.74. The van der Waals surface area contributed by atoms with Crippen molar-refractivity contribution in [2.24, 2.45) is 5.41 Å². The zero-order chi connectivity index (χ0) is 16.8. The van der Waals surface area contributed by atoms with E-state index in [0.717, 1.165) is 24.9 Å². The Morgan fingerprint density at radius 2 is 2.00 bits per heavy atom. The summed E-state index contributed by atoms with van der Waals surface area (Å²) in [6.45, 7) is 1.55. The molecule has 5 nitrogen and oxygen atoms in total. The van der Waals surface area contributed by atoms with Crippen LogP contribution in [0, 0.1) is 5.41 Å². The van der Waals surface area contributed by atoms with Crippen LogP contribution in [0.25, 0.3) is 0 Å². The zero-order valence-corrected chi connectivity index (χ0v) is 13.7. The Balaban J connectivity index is 1.53. The molecular weight excluding hydrogens is 309 g/mol. The van der Waals surface area contributed by atoms with Gasteiger partial charge in [-0.3, -0.25) is 14.6 Å². The van der Waals surface area contributed by atoms with Crippen LogP contribution >= 0.6 is 0 Å². The molecule has 3 fully saturated rings. The van der Waals surface area contributed by atoms with Gasteiger partial charge in [0.1, 0.15) is 0 Å². The first-order chi connectivity index (χ1) is 11.5. The van der Waals surface area contributed by atoms with Crippen molar-refractivity contribution in [1.29, 1.82) is 0 Å². The molecular formula is C18H22FN3O2. The highest BCUT2D eigenvalue weighted by Gasteiger charge is 2.53. The molecule has 2 aliphatic heterocycles. The third-order valence-electron chi connectivity index (χ3n) is 5.86. The summed E-state index contributed by atoms with van der Waals surface area (Å²) >= 11 is 0. The molecule has 0 unspecified atom stereocenters. The fourth-order valence-electron chi connectivity index (χ4n) is 4.25. The predicted molar refractivity (Wildman–Crippen MR) is 87.1 cm³/mol. The van der Waals surface area contributed by atoms with Gasteiger partial charge in [0.05, 0.1) is 17.3 Å². The highest BCUT2D eigenvalue weighted by Crippen LogP contribution is 2.44. The zero-order valence-electron chi connectivity index (χ0n) is 13.7. The number of hydrogen-bond acceptors (Lipinski definition) is 3. The molecule has 2 amide bonds. The number of nitrogens with zero attached hydrogens (tertiary/aromatic N) is 3. The molecule has 1 spiro atoms. The number of anilines is 1. The van der Waals surface area contributed by atoms with Crippen LogP contribution in [0.15, 0.2) is 24.5 Å². The maximum absolute atomic E-state index is 14.5. The summed E-state index contributed by atoms with van der Waals surface area (Å²) in [7, 11) is 0. The first kappa shape index (κ1) is 15.5. The van der Waals surface area contributed by atoms with Crippen molar-refractivity contribution in [2.45, 2.75) is 44.2 Å². The lowest BCUT2D eigenvalue weighted by molar-refractivity contribution is -0.154. The van der Waals surface area contributed by atoms with Crippen molar-refractivity contribution in [3.8, 4) is 0 Å². The van der Waals surface area contributed by atoms with Crippen LogP contribution in [0.5, 0.6) is 0 Å². The molecule has 1 aromatic heterocycles. The molecule has 1 atom stereocenters. The lowest BCUT2D eigenvalue weighted by atomic mass is 9.76. The van der Waals surface area contributed by atoms with Gasteiger partial charge in [0.15, 0.2) is 5.67 Å². The summed E-state index contributed by atoms with van der Waals surface area (Å²) in [5.74, 6) is -0.352. The molecule has 0 aromatic carbocycles. The molecule has 4 rings (SSSR count). The molecule has 0 bridgehead atoms. The second-order valence-corrected chi connectivity index (χ2v) is 7.35. The smallest absolute Gasteiger partial charge is 0.260 e. The number of carbonyl (C=O) groups excluding carboxylic acids is 2. The summed E-state index contributed by atoms with van der Waals surface area (Å²) in [5, 5.41) is 0. The highest BCUT2D eigenvalue weighted by molar-refractivity contribution is 6.00. The van der Waals surface area contributed by atoms with Crippen molar-refractivity contribution in [2.75, 3.05) is 24.5 Å². The van der Waals surface area contributed by atoms with Gasteiger partial charge in [0.25, 0.3) is 5.91 Å². The second kappa shape index (κ2) is 5.53. The number of pyridine rings is 1. The fourth-order valence-corrected chi connectivity index (χ4v) is 4.25. The Labute approximate surface area is 140 Å². The average Bonchev–Trinajstić information content (AvgIpc) is 2.89. The fraction of sp³-hybridized carbons (Fsp3) is 0.611. The number of amides is 2. The number of alkyl halides is 1. The van der Waals surface area contributed by atoms with E-state index in [-0.39, 0.29) is 5.91 Å². The van der Waals surface area contributed by atoms with Crippen molar-refractivity contribution < 1.29 is 14.0 Å². The van der Waals surface area contributed by atoms with Crippen molar-refractivity contribution >= 4 is 17.5 Å². The Morgan fingerprint density at radius 3 is 2.67 bits per heavy atom. The van der Waals surface area contributed by atoms with Crippen LogP contribution in [-0.2, 0) is 9.59 Å². The van der Waals surface area contributed by atoms with Crippen LogP contribution in [0.3, 0.4) is 0 Å². The quantitative estimate of drug-likeness (QED) is 0.836. The number of rotatable bonds is 2. The Bertz CT molecular complexity index is 661. The Hall–Kier alpha value is -1.98. The van der Waals surface area contributed by atoms with Gasteiger partial charge in [-0.25, -0.2) is 4.39 Å². The molecule has 1 aliphatic carbocycles. The van der Waals surface area contributed by atoms with Gasteiger partial charge in [-0.05, 0) is 50.7 Å². The minimum Gasteiger partial charge on any atom is -0.339 e. The van der Waals surface area contributed by atoms with Crippen molar-refractivity contribution in [3.05, 3.63) is 24.5 Å². The summed E-state index contributed by atoms with van der Waals surface area (Å²) in [6, 6.07) is 3.69. The average molecular weight is 331 g/mol. The van der Waals surface area contributed by atoms with Gasteiger partial charge in [-0.1, -0.05) is 0 Å². The standard InChI is InChI=1S/C18H22FN3O2/c19-18(6-2-7-18)16(24)21-10-3-5-17(13-21)8-11-22(15(17)23)14-4-1-9-20-12-14/h1,4,9,12H,2-3,5-8,10-11,13H2/t17-/m0/s1. The molecule has 1 aromatic rings. The Kier molecular flexibility index (Phi) is 3.58. The number of halogens is 1. The molecule has 3 heterocycles. The third-order valence-corrected chi connectivity index (χ3v) is 5.86. The number of likely N-dealkylation sites (tertiary alicyclic amines) is 1. The lowest BCUT2D eigenvalue weighted by Gasteiger charge is -2.43. The molecule has 128 valence electrons. The van der Waals surface area contributed by atoms with E-state index in [0.29, 0.717) is 38.9 Å². The minimum atomic E-state index is -1.68. The maximum atomic E-state index is 14.5. The monoisotopic (exact) mass is 331 g/mol. The first-order valence-corrected chi connectivity index (χ1v) is 8.74. The van der Waals surface area contributed by atoms with Gasteiger partial charge in [-0.2, -0.15) is 0 Å². The minimum absolute atomic E-state index is 0.0505. The summed E-state index contributed by atoms with van der Waals surface area (Å²) < 4.78 is 14.5. The molecule has 0 radical (unpaired) electrons. The van der Waals surface area contributed by atoms with E-state index in [1.54, 1.807) is 22.2 Å². The third kappa shape index (κ3) is 2.31. The molecule has 2 saturated heterocycles. The SMILES string of the molecule is O=C(N1CCC[C@]2(CCN(c3cccnc3)C2=O)C1)C1(F)CCC1. The second-order valence-electron chi connectivity index (χ2n) is 7.35. The molecule has 24 heavy (non-hydrogen) atoms. The Morgan fingerprint density at radius 1 is 1.17 bits per heavy atom. The van der Waals surface area contributed by atoms with Crippen LogP contribution in [-0.4, -0.2) is 47.0 Å². The van der Waals surface area contributed by atoms with E-state index >= 15 is 0 Å². The van der Waals surface area contributed by atoms with E-state index in [1.807, 2.05) is 12.1 Å². The van der Waals surface area contributed by atoms with E-state index in [2.05, 4.69) is 4.98 Å². The van der Waals surface area contributed by atoms with Crippen molar-refractivity contribution in [1.82, 2.24) is 9.88 Å². The molecule has 6 heteroatoms. The van der Waals surface area contributed by atoms with Gasteiger partial charge in [0, 0.05) is 25.8 Å². The molecule has 3 aliphatic rings. The van der Waals surface area contributed by atoms with Gasteiger partial charge in [0.2, 0.25) is 5.91 Å². The van der Waals surface area contributed by atoms with Crippen molar-refractivity contribution in [3.63, 3.8) is 0 Å².